The quantitative estimate of drug-likeness (QED) is 0.890. The summed E-state index contributed by atoms with van der Waals surface area (Å²) >= 11 is 3.46. The summed E-state index contributed by atoms with van der Waals surface area (Å²) in [6.07, 6.45) is 2.17. The van der Waals surface area contributed by atoms with Crippen LogP contribution in [0.2, 0.25) is 0 Å². The Labute approximate surface area is 139 Å². The van der Waals surface area contributed by atoms with Crippen molar-refractivity contribution < 1.29 is 4.79 Å². The first-order valence-corrected chi connectivity index (χ1v) is 8.33. The number of rotatable bonds is 3. The number of aryl methyl sites for hydroxylation is 1. The molecule has 1 amide bonds. The van der Waals surface area contributed by atoms with Crippen molar-refractivity contribution in [3.8, 4) is 0 Å². The second-order valence-electron chi connectivity index (χ2n) is 5.67. The molecule has 0 aliphatic carbocycles. The van der Waals surface area contributed by atoms with Gasteiger partial charge in [0.15, 0.2) is 0 Å². The van der Waals surface area contributed by atoms with Crippen molar-refractivity contribution in [1.82, 2.24) is 0 Å². The van der Waals surface area contributed by atoms with Crippen LogP contribution in [0.1, 0.15) is 18.9 Å². The normalized spacial score (nSPS) is 17.0. The summed E-state index contributed by atoms with van der Waals surface area (Å²) in [6.45, 7) is 2.56. The first-order valence-electron chi connectivity index (χ1n) is 7.54. The van der Waals surface area contributed by atoms with Crippen molar-refractivity contribution in [1.29, 1.82) is 0 Å². The third-order valence-electron chi connectivity index (χ3n) is 4.13. The van der Waals surface area contributed by atoms with Gasteiger partial charge in [0.25, 0.3) is 0 Å². The van der Waals surface area contributed by atoms with Gasteiger partial charge in [0.2, 0.25) is 5.91 Å². The number of fused-ring (bicyclic) bond motifs is 1. The maximum Gasteiger partial charge on any atom is 0.243 e. The maximum absolute atomic E-state index is 12.4. The molecule has 0 aromatic heterocycles. The van der Waals surface area contributed by atoms with E-state index in [0.29, 0.717) is 12.6 Å². The van der Waals surface area contributed by atoms with Crippen molar-refractivity contribution in [2.75, 3.05) is 16.8 Å². The van der Waals surface area contributed by atoms with Crippen LogP contribution in [0, 0.1) is 0 Å². The van der Waals surface area contributed by atoms with E-state index < -0.39 is 0 Å². The number of anilines is 2. The third-order valence-corrected chi connectivity index (χ3v) is 4.82. The minimum Gasteiger partial charge on any atom is -0.359 e. The minimum absolute atomic E-state index is 0.00968. The Morgan fingerprint density at radius 2 is 1.95 bits per heavy atom. The molecule has 2 aromatic carbocycles. The van der Waals surface area contributed by atoms with Crippen LogP contribution in [0.4, 0.5) is 11.4 Å². The highest BCUT2D eigenvalue weighted by Crippen LogP contribution is 2.30. The molecular weight excluding hydrogens is 340 g/mol. The first kappa shape index (κ1) is 15.1. The van der Waals surface area contributed by atoms with E-state index in [0.717, 1.165) is 23.0 Å². The van der Waals surface area contributed by atoms with E-state index in [2.05, 4.69) is 51.3 Å². The Morgan fingerprint density at radius 1 is 1.23 bits per heavy atom. The molecule has 2 aromatic rings. The maximum atomic E-state index is 12.4. The van der Waals surface area contributed by atoms with Gasteiger partial charge in [-0.3, -0.25) is 4.79 Å². The standard InChI is InChI=1S/C18H19BrN2O/c1-13-10-11-14-6-2-5-9-17(14)21(13)12-18(22)20-16-8-4-3-7-15(16)19/h2-9,13H,10-12H2,1H3,(H,20,22). The summed E-state index contributed by atoms with van der Waals surface area (Å²) in [6, 6.07) is 16.4. The molecule has 0 bridgehead atoms. The lowest BCUT2D eigenvalue weighted by Crippen LogP contribution is -2.42. The second-order valence-corrected chi connectivity index (χ2v) is 6.53. The van der Waals surface area contributed by atoms with E-state index in [9.17, 15) is 4.79 Å². The number of carbonyl (C=O) groups excluding carboxylic acids is 1. The van der Waals surface area contributed by atoms with E-state index >= 15 is 0 Å². The van der Waals surface area contributed by atoms with Crippen LogP contribution in [0.5, 0.6) is 0 Å². The molecule has 1 unspecified atom stereocenters. The zero-order chi connectivity index (χ0) is 15.5. The largest absolute Gasteiger partial charge is 0.359 e. The van der Waals surface area contributed by atoms with Crippen molar-refractivity contribution in [3.05, 3.63) is 58.6 Å². The van der Waals surface area contributed by atoms with Crippen molar-refractivity contribution in [3.63, 3.8) is 0 Å². The van der Waals surface area contributed by atoms with Gasteiger partial charge >= 0.3 is 0 Å². The summed E-state index contributed by atoms with van der Waals surface area (Å²) in [4.78, 5) is 14.6. The number of carbonyl (C=O) groups is 1. The fraction of sp³-hybridized carbons (Fsp3) is 0.278. The lowest BCUT2D eigenvalue weighted by molar-refractivity contribution is -0.115. The molecule has 1 heterocycles. The molecule has 1 aliphatic rings. The average Bonchev–Trinajstić information content (AvgIpc) is 2.52. The van der Waals surface area contributed by atoms with Crippen LogP contribution in [0.15, 0.2) is 53.0 Å². The number of nitrogens with one attached hydrogen (secondary N) is 1. The number of nitrogens with zero attached hydrogens (tertiary/aromatic N) is 1. The van der Waals surface area contributed by atoms with Gasteiger partial charge in [-0.2, -0.15) is 0 Å². The van der Waals surface area contributed by atoms with Gasteiger partial charge in [-0.15, -0.1) is 0 Å². The van der Waals surface area contributed by atoms with Gasteiger partial charge in [0, 0.05) is 16.2 Å². The predicted molar refractivity (Wildman–Crippen MR) is 94.3 cm³/mol. The number of halogens is 1. The summed E-state index contributed by atoms with van der Waals surface area (Å²) in [5, 5.41) is 2.98. The first-order chi connectivity index (χ1) is 10.6. The Kier molecular flexibility index (Phi) is 4.48. The van der Waals surface area contributed by atoms with Gasteiger partial charge in [0.1, 0.15) is 0 Å². The monoisotopic (exact) mass is 358 g/mol. The molecule has 22 heavy (non-hydrogen) atoms. The minimum atomic E-state index is 0.00968. The van der Waals surface area contributed by atoms with Gasteiger partial charge < -0.3 is 10.2 Å². The zero-order valence-electron chi connectivity index (χ0n) is 12.6. The highest BCUT2D eigenvalue weighted by atomic mass is 79.9. The smallest absolute Gasteiger partial charge is 0.243 e. The summed E-state index contributed by atoms with van der Waals surface area (Å²) in [5.74, 6) is 0.00968. The molecule has 0 spiro atoms. The van der Waals surface area contributed by atoms with Crippen molar-refractivity contribution in [2.24, 2.45) is 0 Å². The highest BCUT2D eigenvalue weighted by Gasteiger charge is 2.24. The molecule has 4 heteroatoms. The second kappa shape index (κ2) is 6.53. The molecule has 1 aliphatic heterocycles. The van der Waals surface area contributed by atoms with Crippen molar-refractivity contribution >= 4 is 33.2 Å². The number of hydrogen-bond acceptors (Lipinski definition) is 2. The number of hydrogen-bond donors (Lipinski definition) is 1. The van der Waals surface area contributed by atoms with E-state index in [4.69, 9.17) is 0 Å². The van der Waals surface area contributed by atoms with Gasteiger partial charge in [0.05, 0.1) is 12.2 Å². The highest BCUT2D eigenvalue weighted by molar-refractivity contribution is 9.10. The fourth-order valence-corrected chi connectivity index (χ4v) is 3.29. The molecule has 1 atom stereocenters. The number of para-hydroxylation sites is 2. The van der Waals surface area contributed by atoms with Crippen LogP contribution in [-0.4, -0.2) is 18.5 Å². The predicted octanol–water partition coefficient (Wildman–Crippen LogP) is 4.23. The van der Waals surface area contributed by atoms with Crippen LogP contribution in [0.3, 0.4) is 0 Å². The molecule has 0 fully saturated rings. The number of benzene rings is 2. The lowest BCUT2D eigenvalue weighted by atomic mass is 9.96. The van der Waals surface area contributed by atoms with Crippen LogP contribution < -0.4 is 10.2 Å². The molecule has 0 saturated carbocycles. The Balaban J connectivity index is 1.75. The molecule has 3 rings (SSSR count). The molecule has 3 nitrogen and oxygen atoms in total. The Morgan fingerprint density at radius 3 is 2.77 bits per heavy atom. The van der Waals surface area contributed by atoms with Crippen LogP contribution in [-0.2, 0) is 11.2 Å². The van der Waals surface area contributed by atoms with E-state index in [1.807, 2.05) is 30.3 Å². The van der Waals surface area contributed by atoms with Crippen LogP contribution in [0.25, 0.3) is 0 Å². The Hall–Kier alpha value is -1.81. The molecular formula is C18H19BrN2O. The fourth-order valence-electron chi connectivity index (χ4n) is 2.91. The lowest BCUT2D eigenvalue weighted by Gasteiger charge is -2.36. The van der Waals surface area contributed by atoms with E-state index in [1.165, 1.54) is 11.3 Å². The Bertz CT molecular complexity index is 686. The average molecular weight is 359 g/mol. The van der Waals surface area contributed by atoms with Crippen molar-refractivity contribution in [2.45, 2.75) is 25.8 Å². The molecule has 0 saturated heterocycles. The zero-order valence-corrected chi connectivity index (χ0v) is 14.1. The summed E-state index contributed by atoms with van der Waals surface area (Å²) < 4.78 is 0.899. The molecule has 0 radical (unpaired) electrons. The van der Waals surface area contributed by atoms with Crippen LogP contribution >= 0.6 is 15.9 Å². The summed E-state index contributed by atoms with van der Waals surface area (Å²) in [5.41, 5.74) is 3.32. The topological polar surface area (TPSA) is 32.3 Å². The number of amides is 1. The van der Waals surface area contributed by atoms with Gasteiger partial charge in [-0.1, -0.05) is 30.3 Å². The van der Waals surface area contributed by atoms with E-state index in [1.54, 1.807) is 0 Å². The molecule has 114 valence electrons. The van der Waals surface area contributed by atoms with Gasteiger partial charge in [-0.05, 0) is 59.5 Å². The molecule has 1 N–H and O–H groups in total. The van der Waals surface area contributed by atoms with E-state index in [-0.39, 0.29) is 5.91 Å². The van der Waals surface area contributed by atoms with Gasteiger partial charge in [-0.25, -0.2) is 0 Å². The third kappa shape index (κ3) is 3.17. The SMILES string of the molecule is CC1CCc2ccccc2N1CC(=O)Nc1ccccc1Br. The summed E-state index contributed by atoms with van der Waals surface area (Å²) in [7, 11) is 0.